The zero-order valence-corrected chi connectivity index (χ0v) is 17.9. The highest BCUT2D eigenvalue weighted by molar-refractivity contribution is 7.88. The van der Waals surface area contributed by atoms with Gasteiger partial charge < -0.3 is 4.90 Å². The van der Waals surface area contributed by atoms with E-state index in [0.717, 1.165) is 45.7 Å². The fraction of sp³-hybridized carbons (Fsp3) is 0.368. The topological polar surface area (TPSA) is 79.4 Å². The van der Waals surface area contributed by atoms with Gasteiger partial charge in [0.05, 0.1) is 27.4 Å². The van der Waals surface area contributed by atoms with Crippen molar-refractivity contribution < 1.29 is 13.2 Å². The maximum atomic E-state index is 13.1. The summed E-state index contributed by atoms with van der Waals surface area (Å²) >= 11 is 3.10. The molecular weight excluding hydrogens is 414 g/mol. The molecule has 0 unspecified atom stereocenters. The summed E-state index contributed by atoms with van der Waals surface area (Å²) in [7, 11) is -3.19. The highest BCUT2D eigenvalue weighted by Gasteiger charge is 2.33. The lowest BCUT2D eigenvalue weighted by molar-refractivity contribution is 0.0740. The highest BCUT2D eigenvalue weighted by atomic mass is 32.2. The van der Waals surface area contributed by atoms with Crippen LogP contribution in [0.1, 0.15) is 38.4 Å². The molecule has 3 aromatic rings. The lowest BCUT2D eigenvalue weighted by Gasteiger charge is -2.22. The number of para-hydroxylation sites is 1. The van der Waals surface area contributed by atoms with Crippen molar-refractivity contribution in [3.05, 3.63) is 51.2 Å². The number of aromatic nitrogens is 1. The second-order valence-electron chi connectivity index (χ2n) is 6.86. The number of amides is 1. The minimum atomic E-state index is -3.19. The van der Waals surface area contributed by atoms with E-state index in [1.165, 1.54) is 11.3 Å². The molecule has 3 heterocycles. The fourth-order valence-corrected chi connectivity index (χ4v) is 5.98. The standard InChI is InChI=1S/C19H21N3O3S3/c1-28(24,25)20-11-10-13-8-9-17(26-13)19(23)22-12-4-6-15(22)18-21-14-5-2-3-7-16(14)27-18/h2-3,5,7-9,15,20H,4,6,10-12H2,1H3/t15-/m0/s1. The van der Waals surface area contributed by atoms with E-state index < -0.39 is 10.0 Å². The van der Waals surface area contributed by atoms with Gasteiger partial charge in [0.15, 0.2) is 0 Å². The van der Waals surface area contributed by atoms with Crippen LogP contribution < -0.4 is 4.72 Å². The molecule has 28 heavy (non-hydrogen) atoms. The Bertz CT molecular complexity index is 1070. The Kier molecular flexibility index (Phi) is 5.50. The van der Waals surface area contributed by atoms with Gasteiger partial charge in [-0.3, -0.25) is 4.79 Å². The molecule has 4 rings (SSSR count). The number of thiazole rings is 1. The smallest absolute Gasteiger partial charge is 0.264 e. The van der Waals surface area contributed by atoms with E-state index in [1.807, 2.05) is 35.2 Å². The summed E-state index contributed by atoms with van der Waals surface area (Å²) in [4.78, 5) is 21.5. The van der Waals surface area contributed by atoms with Gasteiger partial charge in [0.1, 0.15) is 5.01 Å². The monoisotopic (exact) mass is 435 g/mol. The predicted octanol–water partition coefficient (Wildman–Crippen LogP) is 3.43. The van der Waals surface area contributed by atoms with E-state index in [9.17, 15) is 13.2 Å². The van der Waals surface area contributed by atoms with Crippen LogP contribution in [0.3, 0.4) is 0 Å². The first kappa shape index (κ1) is 19.5. The third-order valence-electron chi connectivity index (χ3n) is 4.72. The van der Waals surface area contributed by atoms with Gasteiger partial charge in [0.2, 0.25) is 10.0 Å². The van der Waals surface area contributed by atoms with Crippen LogP contribution in [0, 0.1) is 0 Å². The molecule has 1 fully saturated rings. The van der Waals surface area contributed by atoms with Crippen molar-refractivity contribution in [2.45, 2.75) is 25.3 Å². The number of thiophene rings is 1. The normalized spacial score (nSPS) is 17.5. The predicted molar refractivity (Wildman–Crippen MR) is 114 cm³/mol. The third kappa shape index (κ3) is 4.27. The number of hydrogen-bond donors (Lipinski definition) is 1. The van der Waals surface area contributed by atoms with Gasteiger partial charge in [0.25, 0.3) is 5.91 Å². The largest absolute Gasteiger partial charge is 0.328 e. The van der Waals surface area contributed by atoms with E-state index in [1.54, 1.807) is 11.3 Å². The van der Waals surface area contributed by atoms with Crippen LogP contribution in [0.25, 0.3) is 10.2 Å². The molecule has 1 aromatic carbocycles. The highest BCUT2D eigenvalue weighted by Crippen LogP contribution is 2.37. The number of carbonyl (C=O) groups excluding carboxylic acids is 1. The maximum Gasteiger partial charge on any atom is 0.264 e. The van der Waals surface area contributed by atoms with E-state index in [4.69, 9.17) is 4.98 Å². The Morgan fingerprint density at radius 3 is 2.86 bits per heavy atom. The van der Waals surface area contributed by atoms with Gasteiger partial charge in [0, 0.05) is 18.0 Å². The van der Waals surface area contributed by atoms with Crippen molar-refractivity contribution in [2.24, 2.45) is 0 Å². The molecule has 1 atom stereocenters. The molecule has 0 radical (unpaired) electrons. The number of likely N-dealkylation sites (tertiary alicyclic amines) is 1. The van der Waals surface area contributed by atoms with E-state index in [2.05, 4.69) is 10.8 Å². The Morgan fingerprint density at radius 1 is 1.25 bits per heavy atom. The Morgan fingerprint density at radius 2 is 2.07 bits per heavy atom. The molecule has 6 nitrogen and oxygen atoms in total. The SMILES string of the molecule is CS(=O)(=O)NCCc1ccc(C(=O)N2CCC[C@H]2c2nc3ccccc3s2)s1. The van der Waals surface area contributed by atoms with Gasteiger partial charge in [-0.05, 0) is 43.5 Å². The molecule has 148 valence electrons. The van der Waals surface area contributed by atoms with Crippen molar-refractivity contribution in [1.29, 1.82) is 0 Å². The fourth-order valence-electron chi connectivity index (χ4n) is 3.43. The van der Waals surface area contributed by atoms with E-state index >= 15 is 0 Å². The molecule has 0 spiro atoms. The Labute approximate surface area is 172 Å². The number of fused-ring (bicyclic) bond motifs is 1. The molecule has 2 aromatic heterocycles. The van der Waals surface area contributed by atoms with Crippen molar-refractivity contribution >= 4 is 48.8 Å². The number of benzene rings is 1. The summed E-state index contributed by atoms with van der Waals surface area (Å²) in [5.74, 6) is 0.0362. The van der Waals surface area contributed by atoms with Gasteiger partial charge in [-0.1, -0.05) is 12.1 Å². The Hall–Kier alpha value is -1.81. The van der Waals surface area contributed by atoms with Gasteiger partial charge in [-0.25, -0.2) is 18.1 Å². The lowest BCUT2D eigenvalue weighted by Crippen LogP contribution is -2.29. The molecule has 1 N–H and O–H groups in total. The quantitative estimate of drug-likeness (QED) is 0.643. The van der Waals surface area contributed by atoms with Crippen LogP contribution >= 0.6 is 22.7 Å². The first-order valence-corrected chi connectivity index (χ1v) is 12.6. The maximum absolute atomic E-state index is 13.1. The van der Waals surface area contributed by atoms with Crippen LogP contribution in [-0.4, -0.2) is 43.6 Å². The second-order valence-corrected chi connectivity index (χ2v) is 10.9. The number of hydrogen-bond acceptors (Lipinski definition) is 6. The van der Waals surface area contributed by atoms with Crippen molar-refractivity contribution in [3.8, 4) is 0 Å². The average molecular weight is 436 g/mol. The molecule has 9 heteroatoms. The van der Waals surface area contributed by atoms with Crippen LogP contribution in [0.5, 0.6) is 0 Å². The summed E-state index contributed by atoms with van der Waals surface area (Å²) in [6.45, 7) is 1.08. The van der Waals surface area contributed by atoms with Crippen LogP contribution in [0.15, 0.2) is 36.4 Å². The first-order valence-electron chi connectivity index (χ1n) is 9.10. The summed E-state index contributed by atoms with van der Waals surface area (Å²) in [5.41, 5.74) is 0.985. The third-order valence-corrected chi connectivity index (χ3v) is 7.72. The molecule has 1 saturated heterocycles. The summed E-state index contributed by atoms with van der Waals surface area (Å²) in [5, 5.41) is 1.00. The van der Waals surface area contributed by atoms with Gasteiger partial charge >= 0.3 is 0 Å². The summed E-state index contributed by atoms with van der Waals surface area (Å²) in [6, 6.07) is 11.8. The molecule has 1 aliphatic heterocycles. The van der Waals surface area contributed by atoms with Gasteiger partial charge in [-0.2, -0.15) is 0 Å². The van der Waals surface area contributed by atoms with Crippen LogP contribution in [0.4, 0.5) is 0 Å². The number of rotatable bonds is 6. The lowest BCUT2D eigenvalue weighted by atomic mass is 10.2. The zero-order valence-electron chi connectivity index (χ0n) is 15.4. The first-order chi connectivity index (χ1) is 13.4. The minimum Gasteiger partial charge on any atom is -0.328 e. The number of carbonyl (C=O) groups is 1. The van der Waals surface area contributed by atoms with Crippen molar-refractivity contribution in [2.75, 3.05) is 19.3 Å². The zero-order chi connectivity index (χ0) is 19.7. The van der Waals surface area contributed by atoms with Crippen LogP contribution in [-0.2, 0) is 16.4 Å². The number of sulfonamides is 1. The molecule has 0 aliphatic carbocycles. The van der Waals surface area contributed by atoms with E-state index in [-0.39, 0.29) is 11.9 Å². The molecular formula is C19H21N3O3S3. The van der Waals surface area contributed by atoms with Crippen LogP contribution in [0.2, 0.25) is 0 Å². The molecule has 0 saturated carbocycles. The summed E-state index contributed by atoms with van der Waals surface area (Å²) < 4.78 is 26.0. The second kappa shape index (κ2) is 7.90. The Balaban J connectivity index is 1.48. The molecule has 0 bridgehead atoms. The number of nitrogens with one attached hydrogen (secondary N) is 1. The van der Waals surface area contributed by atoms with Gasteiger partial charge in [-0.15, -0.1) is 22.7 Å². The van der Waals surface area contributed by atoms with Crippen molar-refractivity contribution in [1.82, 2.24) is 14.6 Å². The summed E-state index contributed by atoms with van der Waals surface area (Å²) in [6.07, 6.45) is 3.63. The van der Waals surface area contributed by atoms with E-state index in [0.29, 0.717) is 17.8 Å². The molecule has 1 amide bonds. The average Bonchev–Trinajstić information content (AvgIpc) is 3.38. The minimum absolute atomic E-state index is 0.0300. The van der Waals surface area contributed by atoms with Crippen molar-refractivity contribution in [3.63, 3.8) is 0 Å². The number of nitrogens with zero attached hydrogens (tertiary/aromatic N) is 2. The molecule has 1 aliphatic rings.